The summed E-state index contributed by atoms with van der Waals surface area (Å²) in [5.74, 6) is -0.726. The van der Waals surface area contributed by atoms with Crippen molar-refractivity contribution in [2.24, 2.45) is 5.92 Å². The molecule has 0 spiro atoms. The van der Waals surface area contributed by atoms with Gasteiger partial charge in [-0.2, -0.15) is 0 Å². The Morgan fingerprint density at radius 3 is 2.57 bits per heavy atom. The van der Waals surface area contributed by atoms with Crippen LogP contribution in [0.5, 0.6) is 0 Å². The Balaban J connectivity index is 1.59. The van der Waals surface area contributed by atoms with Crippen molar-refractivity contribution in [3.8, 4) is 11.1 Å². The van der Waals surface area contributed by atoms with Gasteiger partial charge in [0.2, 0.25) is 0 Å². The van der Waals surface area contributed by atoms with Gasteiger partial charge in [-0.15, -0.1) is 0 Å². The number of hydrogen-bond donors (Lipinski definition) is 2. The highest BCUT2D eigenvalue weighted by molar-refractivity contribution is 5.95. The summed E-state index contributed by atoms with van der Waals surface area (Å²) < 4.78 is 14.3. The number of nitrogens with one attached hydrogen (secondary N) is 1. The highest BCUT2D eigenvalue weighted by Crippen LogP contribution is 2.47. The summed E-state index contributed by atoms with van der Waals surface area (Å²) in [5.41, 5.74) is 4.21. The van der Waals surface area contributed by atoms with E-state index in [9.17, 15) is 14.3 Å². The molecule has 0 unspecified atom stereocenters. The van der Waals surface area contributed by atoms with Crippen LogP contribution in [-0.2, 0) is 0 Å². The molecule has 2 aliphatic heterocycles. The van der Waals surface area contributed by atoms with Crippen molar-refractivity contribution < 1.29 is 14.3 Å². The monoisotopic (exact) mass is 402 g/mol. The number of carbonyl (C=O) groups excluding carboxylic acids is 1. The molecule has 152 valence electrons. The highest BCUT2D eigenvalue weighted by Gasteiger charge is 2.46. The molecule has 1 amide bonds. The third-order valence-corrected chi connectivity index (χ3v) is 6.34. The zero-order valence-electron chi connectivity index (χ0n) is 16.5. The van der Waals surface area contributed by atoms with Crippen LogP contribution in [-0.4, -0.2) is 35.1 Å². The summed E-state index contributed by atoms with van der Waals surface area (Å²) >= 11 is 0. The van der Waals surface area contributed by atoms with E-state index in [1.807, 2.05) is 30.3 Å². The number of aliphatic hydroxyl groups excluding tert-OH is 1. The van der Waals surface area contributed by atoms with Crippen LogP contribution in [0.4, 0.5) is 10.1 Å². The van der Waals surface area contributed by atoms with E-state index in [0.717, 1.165) is 28.8 Å². The molecule has 1 saturated heterocycles. The Labute approximate surface area is 175 Å². The quantitative estimate of drug-likeness (QED) is 0.679. The number of anilines is 1. The molecule has 1 fully saturated rings. The number of carbonyl (C=O) groups is 1. The number of fused-ring (bicyclic) bond motifs is 3. The fourth-order valence-corrected chi connectivity index (χ4v) is 4.89. The summed E-state index contributed by atoms with van der Waals surface area (Å²) in [6, 6.07) is 22.1. The van der Waals surface area contributed by atoms with Gasteiger partial charge in [0.05, 0.1) is 24.3 Å². The van der Waals surface area contributed by atoms with Crippen LogP contribution in [0.3, 0.4) is 0 Å². The molecule has 2 N–H and O–H groups in total. The minimum atomic E-state index is -0.503. The SMILES string of the molecule is O=C(c1ccccc1F)N1CC[C@@H]2[C@H](CO)Nc3ccc(-c4ccccc4)cc3[C@@H]21. The predicted octanol–water partition coefficient (Wildman–Crippen LogP) is 4.48. The molecule has 5 heteroatoms. The number of likely N-dealkylation sites (tertiary alicyclic amines) is 1. The van der Waals surface area contributed by atoms with Crippen LogP contribution in [0.25, 0.3) is 11.1 Å². The highest BCUT2D eigenvalue weighted by atomic mass is 19.1. The molecular weight excluding hydrogens is 379 g/mol. The van der Waals surface area contributed by atoms with Crippen LogP contribution >= 0.6 is 0 Å². The van der Waals surface area contributed by atoms with Crippen LogP contribution < -0.4 is 5.32 Å². The lowest BCUT2D eigenvalue weighted by molar-refractivity contribution is 0.0696. The second kappa shape index (κ2) is 7.58. The zero-order valence-corrected chi connectivity index (χ0v) is 16.5. The van der Waals surface area contributed by atoms with Crippen LogP contribution in [0.15, 0.2) is 72.8 Å². The number of halogens is 1. The molecule has 3 aromatic carbocycles. The second-order valence-corrected chi connectivity index (χ2v) is 7.98. The Bertz CT molecular complexity index is 1090. The molecule has 3 atom stereocenters. The van der Waals surface area contributed by atoms with E-state index in [-0.39, 0.29) is 36.1 Å². The summed E-state index contributed by atoms with van der Waals surface area (Å²) in [6.07, 6.45) is 0.762. The Hall–Kier alpha value is -3.18. The molecule has 2 aliphatic rings. The molecule has 2 heterocycles. The van der Waals surface area contributed by atoms with E-state index in [4.69, 9.17) is 0 Å². The normalized spacial score (nSPS) is 22.2. The molecule has 0 saturated carbocycles. The van der Waals surface area contributed by atoms with Gasteiger partial charge in [0.1, 0.15) is 5.82 Å². The summed E-state index contributed by atoms with van der Waals surface area (Å²) in [4.78, 5) is 15.1. The van der Waals surface area contributed by atoms with Crippen LogP contribution in [0.1, 0.15) is 28.4 Å². The van der Waals surface area contributed by atoms with Gasteiger partial charge in [0.25, 0.3) is 5.91 Å². The van der Waals surface area contributed by atoms with Crippen molar-refractivity contribution in [3.63, 3.8) is 0 Å². The molecule has 0 radical (unpaired) electrons. The summed E-state index contributed by atoms with van der Waals surface area (Å²) in [6.45, 7) is 0.526. The summed E-state index contributed by atoms with van der Waals surface area (Å²) in [5, 5.41) is 13.4. The average Bonchev–Trinajstić information content (AvgIpc) is 3.24. The van der Waals surface area contributed by atoms with Gasteiger partial charge >= 0.3 is 0 Å². The summed E-state index contributed by atoms with van der Waals surface area (Å²) in [7, 11) is 0. The first-order chi connectivity index (χ1) is 14.7. The maximum Gasteiger partial charge on any atom is 0.257 e. The van der Waals surface area contributed by atoms with Crippen molar-refractivity contribution in [1.82, 2.24) is 4.90 Å². The predicted molar refractivity (Wildman–Crippen MR) is 115 cm³/mol. The minimum Gasteiger partial charge on any atom is -0.394 e. The number of benzene rings is 3. The van der Waals surface area contributed by atoms with Gasteiger partial charge in [-0.3, -0.25) is 4.79 Å². The Morgan fingerprint density at radius 2 is 1.80 bits per heavy atom. The molecule has 4 nitrogen and oxygen atoms in total. The zero-order chi connectivity index (χ0) is 20.7. The van der Waals surface area contributed by atoms with Crippen molar-refractivity contribution in [3.05, 3.63) is 89.7 Å². The fraction of sp³-hybridized carbons (Fsp3) is 0.240. The minimum absolute atomic E-state index is 0.0111. The maximum atomic E-state index is 14.3. The van der Waals surface area contributed by atoms with Gasteiger partial charge in [-0.25, -0.2) is 4.39 Å². The molecule has 5 rings (SSSR count). The lowest BCUT2D eigenvalue weighted by Crippen LogP contribution is -2.43. The first kappa shape index (κ1) is 18.8. The van der Waals surface area contributed by atoms with Crippen molar-refractivity contribution in [1.29, 1.82) is 0 Å². The van der Waals surface area contributed by atoms with Gasteiger partial charge in [-0.1, -0.05) is 48.5 Å². The number of hydrogen-bond acceptors (Lipinski definition) is 3. The first-order valence-electron chi connectivity index (χ1n) is 10.3. The van der Waals surface area contributed by atoms with Crippen molar-refractivity contribution in [2.45, 2.75) is 18.5 Å². The van der Waals surface area contributed by atoms with Gasteiger partial charge in [0.15, 0.2) is 0 Å². The Morgan fingerprint density at radius 1 is 1.03 bits per heavy atom. The van der Waals surface area contributed by atoms with Crippen LogP contribution in [0, 0.1) is 11.7 Å². The lowest BCUT2D eigenvalue weighted by Gasteiger charge is -2.39. The number of aliphatic hydroxyl groups is 1. The molecule has 0 bridgehead atoms. The van der Waals surface area contributed by atoms with E-state index in [1.54, 1.807) is 17.0 Å². The Kier molecular flexibility index (Phi) is 4.75. The second-order valence-electron chi connectivity index (χ2n) is 7.98. The van der Waals surface area contributed by atoms with Crippen molar-refractivity contribution in [2.75, 3.05) is 18.5 Å². The number of rotatable bonds is 3. The standard InChI is InChI=1S/C25H23FN2O2/c26-21-9-5-4-8-18(21)25(30)28-13-12-19-23(15-29)27-22-11-10-17(14-20(22)24(19)28)16-6-2-1-3-7-16/h1-11,14,19,23-24,27,29H,12-13,15H2/t19-,23+,24-/m1/s1. The number of amides is 1. The topological polar surface area (TPSA) is 52.6 Å². The van der Waals surface area contributed by atoms with E-state index in [1.165, 1.54) is 12.1 Å². The average molecular weight is 402 g/mol. The number of nitrogens with zero attached hydrogens (tertiary/aromatic N) is 1. The molecule has 30 heavy (non-hydrogen) atoms. The smallest absolute Gasteiger partial charge is 0.257 e. The third-order valence-electron chi connectivity index (χ3n) is 6.34. The molecule has 3 aromatic rings. The van der Waals surface area contributed by atoms with E-state index >= 15 is 0 Å². The van der Waals surface area contributed by atoms with Gasteiger partial charge in [0, 0.05) is 18.2 Å². The van der Waals surface area contributed by atoms with Gasteiger partial charge < -0.3 is 15.3 Å². The van der Waals surface area contributed by atoms with E-state index < -0.39 is 5.82 Å². The molecular formula is C25H23FN2O2. The van der Waals surface area contributed by atoms with Crippen molar-refractivity contribution >= 4 is 11.6 Å². The van der Waals surface area contributed by atoms with E-state index in [0.29, 0.717) is 6.54 Å². The largest absolute Gasteiger partial charge is 0.394 e. The maximum absolute atomic E-state index is 14.3. The lowest BCUT2D eigenvalue weighted by atomic mass is 9.82. The molecule has 0 aromatic heterocycles. The first-order valence-corrected chi connectivity index (χ1v) is 10.3. The van der Waals surface area contributed by atoms with Gasteiger partial charge in [-0.05, 0) is 47.4 Å². The third kappa shape index (κ3) is 3.06. The van der Waals surface area contributed by atoms with Crippen LogP contribution in [0.2, 0.25) is 0 Å². The fourth-order valence-electron chi connectivity index (χ4n) is 4.89. The van der Waals surface area contributed by atoms with E-state index in [2.05, 4.69) is 23.5 Å². The molecule has 0 aliphatic carbocycles.